The number of carbonyl (C=O) groups excluding carboxylic acids is 1. The molecule has 0 aromatic heterocycles. The quantitative estimate of drug-likeness (QED) is 0.271. The van der Waals surface area contributed by atoms with E-state index in [0.29, 0.717) is 25.7 Å². The molecule has 38 heavy (non-hydrogen) atoms. The highest BCUT2D eigenvalue weighted by atomic mass is 32.2. The molecule has 0 radical (unpaired) electrons. The first-order valence-electron chi connectivity index (χ1n) is 16.5. The molecular weight excluding hydrogens is 506 g/mol. The molecule has 0 unspecified atom stereocenters. The summed E-state index contributed by atoms with van der Waals surface area (Å²) in [5.74, 6) is -0.231. The van der Waals surface area contributed by atoms with Crippen molar-refractivity contribution >= 4 is 16.0 Å². The molecule has 8 nitrogen and oxygen atoms in total. The number of aliphatic hydroxyl groups excluding tert-OH is 3. The van der Waals surface area contributed by atoms with Crippen LogP contribution < -0.4 is 5.32 Å². The Balaban J connectivity index is 1.38. The van der Waals surface area contributed by atoms with Crippen LogP contribution in [0.2, 0.25) is 0 Å². The zero-order valence-corrected chi connectivity index (χ0v) is 24.1. The number of hydrogen-bond donors (Lipinski definition) is 5. The number of carbonyl (C=O) groups is 1. The molecule has 0 heterocycles. The van der Waals surface area contributed by atoms with Gasteiger partial charge < -0.3 is 20.6 Å². The molecule has 4 aliphatic carbocycles. The average Bonchev–Trinajstić information content (AvgIpc) is 3.23. The van der Waals surface area contributed by atoms with Crippen LogP contribution in [0.4, 0.5) is 0 Å². The number of amides is 1. The molecule has 0 aromatic rings. The highest BCUT2D eigenvalue weighted by Gasteiger charge is 2.65. The van der Waals surface area contributed by atoms with E-state index >= 15 is 0 Å². The second-order valence-electron chi connectivity index (χ2n) is 13.5. The molecule has 0 aliphatic heterocycles. The van der Waals surface area contributed by atoms with Crippen LogP contribution in [-0.2, 0) is 14.9 Å². The van der Waals surface area contributed by atoms with Crippen LogP contribution >= 0.6 is 0 Å². The minimum atomic E-state index is -5.41. The van der Waals surface area contributed by atoms with Gasteiger partial charge in [-0.15, -0.1) is 0 Å². The predicted octanol–water partition coefficient (Wildman–Crippen LogP) is 3.39. The summed E-state index contributed by atoms with van der Waals surface area (Å²) in [6, 6.07) is 0. The molecule has 4 saturated carbocycles. The fraction of sp³-hybridized carbons (Fsp3) is 0.966. The van der Waals surface area contributed by atoms with Gasteiger partial charge in [0.2, 0.25) is 5.91 Å². The lowest BCUT2D eigenvalue weighted by Crippen LogP contribution is -2.62. The largest absolute Gasteiger partial charge is 0.393 e. The first kappa shape index (κ1) is 25.0. The van der Waals surface area contributed by atoms with Gasteiger partial charge in [-0.3, -0.25) is 9.35 Å². The summed E-state index contributed by atoms with van der Waals surface area (Å²) >= 11 is 0. The molecule has 12 atom stereocenters. The Morgan fingerprint density at radius 1 is 1.05 bits per heavy atom. The minimum Gasteiger partial charge on any atom is -0.393 e. The van der Waals surface area contributed by atoms with E-state index in [2.05, 4.69) is 20.8 Å². The summed E-state index contributed by atoms with van der Waals surface area (Å²) in [4.78, 5) is 12.6. The molecule has 0 saturated heterocycles. The third kappa shape index (κ3) is 5.69. The summed E-state index contributed by atoms with van der Waals surface area (Å²) in [6.07, 6.45) is 6.26. The average molecular weight is 562 g/mol. The third-order valence-electron chi connectivity index (χ3n) is 11.6. The Labute approximate surface area is 234 Å². The second kappa shape index (κ2) is 11.3. The monoisotopic (exact) mass is 561 g/mol. The zero-order chi connectivity index (χ0) is 31.6. The van der Waals surface area contributed by atoms with Gasteiger partial charge in [0.25, 0.3) is 10.1 Å². The van der Waals surface area contributed by atoms with Crippen LogP contribution in [0.1, 0.15) is 97.4 Å². The van der Waals surface area contributed by atoms with Gasteiger partial charge in [-0.1, -0.05) is 40.5 Å². The summed E-state index contributed by atoms with van der Waals surface area (Å²) in [5.41, 5.74) is -4.03. The SMILES string of the molecule is [2H]C([2H])(NC(=O)[C@@H](C)CCC[C@@H](C)[C@H]1CC[C@H]2[C@@H]3[C@H](O)C[C@@H]4C[C@H](O)CC[C@]4(C)[C@H]3C[C@H](O)[C@]12C)C([2H])([2H])S(=O)(=O)O. The Morgan fingerprint density at radius 2 is 1.76 bits per heavy atom. The molecule has 0 bridgehead atoms. The maximum Gasteiger partial charge on any atom is 0.266 e. The zero-order valence-electron chi connectivity index (χ0n) is 27.3. The Hall–Kier alpha value is -0.740. The Bertz CT molecular complexity index is 1130. The van der Waals surface area contributed by atoms with E-state index in [1.165, 1.54) is 0 Å². The van der Waals surface area contributed by atoms with E-state index in [1.807, 2.05) is 5.32 Å². The molecule has 5 N–H and O–H groups in total. The van der Waals surface area contributed by atoms with Gasteiger partial charge in [0, 0.05) is 15.2 Å². The lowest BCUT2D eigenvalue weighted by Gasteiger charge is -2.63. The molecule has 0 aromatic carbocycles. The van der Waals surface area contributed by atoms with Crippen molar-refractivity contribution in [2.45, 2.75) is 110 Å². The summed E-state index contributed by atoms with van der Waals surface area (Å²) in [6.45, 7) is 4.93. The van der Waals surface area contributed by atoms with E-state index in [9.17, 15) is 28.5 Å². The van der Waals surface area contributed by atoms with E-state index in [0.717, 1.165) is 38.5 Å². The van der Waals surface area contributed by atoms with Gasteiger partial charge in [-0.25, -0.2) is 0 Å². The van der Waals surface area contributed by atoms with E-state index in [1.54, 1.807) is 6.92 Å². The lowest BCUT2D eigenvalue weighted by atomic mass is 9.43. The van der Waals surface area contributed by atoms with Crippen molar-refractivity contribution in [1.29, 1.82) is 0 Å². The van der Waals surface area contributed by atoms with Gasteiger partial charge in [-0.2, -0.15) is 8.42 Å². The normalized spacial score (nSPS) is 46.7. The van der Waals surface area contributed by atoms with E-state index < -0.39 is 46.4 Å². The first-order valence-corrected chi connectivity index (χ1v) is 16.0. The minimum absolute atomic E-state index is 0.0164. The van der Waals surface area contributed by atoms with Crippen molar-refractivity contribution < 1.29 is 38.6 Å². The molecule has 220 valence electrons. The lowest BCUT2D eigenvalue weighted by molar-refractivity contribution is -0.207. The number of rotatable bonds is 9. The van der Waals surface area contributed by atoms with Crippen molar-refractivity contribution in [3.63, 3.8) is 0 Å². The molecule has 1 amide bonds. The fourth-order valence-electron chi connectivity index (χ4n) is 9.48. The molecule has 4 aliphatic rings. The smallest absolute Gasteiger partial charge is 0.266 e. The standard InChI is InChI=1S/C29H51NO7S/c1-17(6-5-7-18(2)27(34)30-12-13-38(35,36)37)21-8-9-22-26-23(16-25(33)29(21,22)4)28(3)11-10-20(31)14-19(28)15-24(26)32/h17-26,31-33H,5-16H2,1-4H3,(H,30,34)(H,35,36,37)/t17-,18+,19+,20-,21-,22+,23+,24-,25+,26+,28+,29-/m1/s1/i12D2,13D2. The predicted molar refractivity (Wildman–Crippen MR) is 146 cm³/mol. The van der Waals surface area contributed by atoms with Gasteiger partial charge >= 0.3 is 0 Å². The van der Waals surface area contributed by atoms with Crippen LogP contribution in [0, 0.1) is 52.3 Å². The molecule has 4 rings (SSSR count). The van der Waals surface area contributed by atoms with Gasteiger partial charge in [0.1, 0.15) is 0 Å². The Kier molecular flexibility index (Phi) is 7.41. The van der Waals surface area contributed by atoms with Crippen molar-refractivity contribution in [1.82, 2.24) is 5.32 Å². The Morgan fingerprint density at radius 3 is 2.45 bits per heavy atom. The topological polar surface area (TPSA) is 144 Å². The first-order chi connectivity index (χ1) is 19.2. The summed E-state index contributed by atoms with van der Waals surface area (Å²) < 4.78 is 62.0. The number of hydrogen-bond acceptors (Lipinski definition) is 6. The number of aliphatic hydroxyl groups is 3. The van der Waals surface area contributed by atoms with Crippen molar-refractivity contribution in [2.24, 2.45) is 52.3 Å². The summed E-state index contributed by atoms with van der Waals surface area (Å²) in [5, 5.41) is 35.3. The molecule has 4 fully saturated rings. The van der Waals surface area contributed by atoms with Crippen LogP contribution in [0.25, 0.3) is 0 Å². The molecule has 0 spiro atoms. The molecule has 9 heteroatoms. The third-order valence-corrected chi connectivity index (χ3v) is 12.0. The van der Waals surface area contributed by atoms with E-state index in [-0.39, 0.29) is 52.4 Å². The van der Waals surface area contributed by atoms with Crippen LogP contribution in [-0.4, -0.2) is 64.7 Å². The highest BCUT2D eigenvalue weighted by Crippen LogP contribution is 2.68. The van der Waals surface area contributed by atoms with Crippen LogP contribution in [0.15, 0.2) is 0 Å². The van der Waals surface area contributed by atoms with Crippen molar-refractivity contribution in [3.05, 3.63) is 0 Å². The maximum absolute atomic E-state index is 12.6. The maximum atomic E-state index is 12.6. The van der Waals surface area contributed by atoms with Gasteiger partial charge in [-0.05, 0) is 97.7 Å². The van der Waals surface area contributed by atoms with Gasteiger partial charge in [0.15, 0.2) is 0 Å². The number of nitrogens with one attached hydrogen (secondary N) is 1. The van der Waals surface area contributed by atoms with Crippen LogP contribution in [0.3, 0.4) is 0 Å². The van der Waals surface area contributed by atoms with Crippen molar-refractivity contribution in [3.8, 4) is 0 Å². The number of fused-ring (bicyclic) bond motifs is 5. The second-order valence-corrected chi connectivity index (χ2v) is 14.7. The van der Waals surface area contributed by atoms with Crippen LogP contribution in [0.5, 0.6) is 0 Å². The van der Waals surface area contributed by atoms with Crippen molar-refractivity contribution in [2.75, 3.05) is 12.2 Å². The molecular formula is C29H51NO7S. The van der Waals surface area contributed by atoms with E-state index in [4.69, 9.17) is 10.0 Å². The highest BCUT2D eigenvalue weighted by molar-refractivity contribution is 7.85. The fourth-order valence-corrected chi connectivity index (χ4v) is 9.66. The van der Waals surface area contributed by atoms with Gasteiger partial charge in [0.05, 0.1) is 26.8 Å². The summed E-state index contributed by atoms with van der Waals surface area (Å²) in [7, 11) is -5.41.